The summed E-state index contributed by atoms with van der Waals surface area (Å²) in [5, 5.41) is 12.1. The molecule has 1 saturated heterocycles. The summed E-state index contributed by atoms with van der Waals surface area (Å²) in [5.41, 5.74) is 1.81. The smallest absolute Gasteiger partial charge is 0.335 e. The fourth-order valence-electron chi connectivity index (χ4n) is 2.63. The Labute approximate surface area is 145 Å². The van der Waals surface area contributed by atoms with Crippen molar-refractivity contribution < 1.29 is 14.7 Å². The highest BCUT2D eigenvalue weighted by atomic mass is 16.4. The van der Waals surface area contributed by atoms with E-state index in [1.54, 1.807) is 17.0 Å². The average molecular weight is 341 g/mol. The number of piperazine rings is 1. The van der Waals surface area contributed by atoms with Crippen LogP contribution in [0.3, 0.4) is 0 Å². The van der Waals surface area contributed by atoms with Gasteiger partial charge in [0.15, 0.2) is 0 Å². The third-order valence-corrected chi connectivity index (χ3v) is 3.99. The van der Waals surface area contributed by atoms with E-state index in [1.165, 1.54) is 12.1 Å². The van der Waals surface area contributed by atoms with Crippen molar-refractivity contribution >= 4 is 29.8 Å². The van der Waals surface area contributed by atoms with Gasteiger partial charge in [-0.05, 0) is 31.2 Å². The van der Waals surface area contributed by atoms with Crippen LogP contribution in [0.5, 0.6) is 0 Å². The molecule has 8 heteroatoms. The molecule has 130 valence electrons. The fraction of sp³-hybridized carbons (Fsp3) is 0.294. The molecule has 2 aromatic rings. The molecule has 0 saturated carbocycles. The lowest BCUT2D eigenvalue weighted by molar-refractivity contribution is -0.118. The van der Waals surface area contributed by atoms with Gasteiger partial charge in [-0.3, -0.25) is 4.79 Å². The third kappa shape index (κ3) is 4.03. The molecular weight excluding hydrogens is 322 g/mol. The minimum atomic E-state index is -0.957. The number of aryl methyl sites for hydroxylation is 1. The summed E-state index contributed by atoms with van der Waals surface area (Å²) < 4.78 is 0. The Kier molecular flexibility index (Phi) is 4.78. The molecule has 8 nitrogen and oxygen atoms in total. The van der Waals surface area contributed by atoms with Crippen molar-refractivity contribution in [3.8, 4) is 0 Å². The number of aromatic nitrogens is 2. The molecule has 0 spiro atoms. The molecule has 0 atom stereocenters. The zero-order chi connectivity index (χ0) is 17.8. The van der Waals surface area contributed by atoms with Crippen molar-refractivity contribution in [2.75, 3.05) is 36.4 Å². The quantitative estimate of drug-likeness (QED) is 0.795. The number of rotatable bonds is 5. The molecule has 0 bridgehead atoms. The summed E-state index contributed by atoms with van der Waals surface area (Å²) in [6, 6.07) is 8.31. The number of anilines is 3. The van der Waals surface area contributed by atoms with Crippen LogP contribution in [0.1, 0.15) is 16.1 Å². The summed E-state index contributed by atoms with van der Waals surface area (Å²) in [4.78, 5) is 34.5. The molecule has 0 aliphatic carbocycles. The second-order valence-electron chi connectivity index (χ2n) is 5.83. The Bertz CT molecular complexity index is 770. The van der Waals surface area contributed by atoms with E-state index in [0.29, 0.717) is 37.9 Å². The van der Waals surface area contributed by atoms with E-state index >= 15 is 0 Å². The van der Waals surface area contributed by atoms with Gasteiger partial charge in [0.25, 0.3) is 0 Å². The molecule has 25 heavy (non-hydrogen) atoms. The second-order valence-corrected chi connectivity index (χ2v) is 5.83. The van der Waals surface area contributed by atoms with Crippen LogP contribution in [0.4, 0.5) is 17.5 Å². The zero-order valence-corrected chi connectivity index (χ0v) is 13.8. The third-order valence-electron chi connectivity index (χ3n) is 3.99. The zero-order valence-electron chi connectivity index (χ0n) is 13.8. The first-order valence-corrected chi connectivity index (χ1v) is 7.95. The van der Waals surface area contributed by atoms with Crippen molar-refractivity contribution in [1.82, 2.24) is 14.9 Å². The molecular formula is C17H19N5O3. The highest BCUT2D eigenvalue weighted by Gasteiger charge is 2.18. The Morgan fingerprint density at radius 1 is 1.16 bits per heavy atom. The number of benzene rings is 1. The van der Waals surface area contributed by atoms with Crippen molar-refractivity contribution in [3.63, 3.8) is 0 Å². The van der Waals surface area contributed by atoms with Gasteiger partial charge in [-0.1, -0.05) is 0 Å². The molecule has 1 aliphatic heterocycles. The molecule has 1 aliphatic rings. The SMILES string of the molecule is Cc1cc(Nc2ccc(C(=O)O)cc2)nc(N2CCN(C=O)CC2)n1. The first-order valence-electron chi connectivity index (χ1n) is 7.95. The molecule has 0 unspecified atom stereocenters. The highest BCUT2D eigenvalue weighted by molar-refractivity contribution is 5.88. The number of amides is 1. The van der Waals surface area contributed by atoms with Gasteiger partial charge < -0.3 is 20.2 Å². The second kappa shape index (κ2) is 7.16. The van der Waals surface area contributed by atoms with Gasteiger partial charge in [-0.25, -0.2) is 9.78 Å². The molecule has 1 fully saturated rings. The van der Waals surface area contributed by atoms with Crippen molar-refractivity contribution in [3.05, 3.63) is 41.6 Å². The number of carbonyl (C=O) groups is 2. The lowest BCUT2D eigenvalue weighted by Crippen LogP contribution is -2.46. The number of carboxylic acids is 1. The predicted molar refractivity (Wildman–Crippen MR) is 93.3 cm³/mol. The monoisotopic (exact) mass is 341 g/mol. The van der Waals surface area contributed by atoms with Gasteiger partial charge >= 0.3 is 5.97 Å². The minimum absolute atomic E-state index is 0.234. The van der Waals surface area contributed by atoms with Crippen LogP contribution < -0.4 is 10.2 Å². The van der Waals surface area contributed by atoms with Gasteiger partial charge in [-0.15, -0.1) is 0 Å². The first-order chi connectivity index (χ1) is 12.0. The van der Waals surface area contributed by atoms with Gasteiger partial charge in [0.2, 0.25) is 12.4 Å². The van der Waals surface area contributed by atoms with Gasteiger partial charge in [0.05, 0.1) is 5.56 Å². The molecule has 3 rings (SSSR count). The van der Waals surface area contributed by atoms with Crippen molar-refractivity contribution in [1.29, 1.82) is 0 Å². The lowest BCUT2D eigenvalue weighted by Gasteiger charge is -2.32. The molecule has 1 amide bonds. The van der Waals surface area contributed by atoms with E-state index in [4.69, 9.17) is 5.11 Å². The van der Waals surface area contributed by atoms with Crippen LogP contribution in [0.15, 0.2) is 30.3 Å². The van der Waals surface area contributed by atoms with Crippen LogP contribution in [0, 0.1) is 6.92 Å². The molecule has 2 heterocycles. The van der Waals surface area contributed by atoms with Crippen LogP contribution in [-0.4, -0.2) is 58.5 Å². The fourth-order valence-corrected chi connectivity index (χ4v) is 2.63. The Morgan fingerprint density at radius 3 is 2.44 bits per heavy atom. The van der Waals surface area contributed by atoms with Crippen LogP contribution >= 0.6 is 0 Å². The Morgan fingerprint density at radius 2 is 1.84 bits per heavy atom. The normalized spacial score (nSPS) is 14.3. The number of hydrogen-bond donors (Lipinski definition) is 2. The van der Waals surface area contributed by atoms with E-state index in [1.807, 2.05) is 17.9 Å². The standard InChI is InChI=1S/C17H19N5O3/c1-12-10-15(19-14-4-2-13(3-5-14)16(24)25)20-17(18-12)22-8-6-21(11-23)7-9-22/h2-5,10-11H,6-9H2,1H3,(H,24,25)(H,18,19,20). The van der Waals surface area contributed by atoms with E-state index in [0.717, 1.165) is 17.8 Å². The summed E-state index contributed by atoms with van der Waals surface area (Å²) in [5.74, 6) is 0.305. The predicted octanol–water partition coefficient (Wildman–Crippen LogP) is 1.51. The summed E-state index contributed by atoms with van der Waals surface area (Å²) in [6.45, 7) is 4.58. The number of nitrogens with zero attached hydrogens (tertiary/aromatic N) is 4. The maximum atomic E-state index is 10.9. The van der Waals surface area contributed by atoms with E-state index in [2.05, 4.69) is 15.3 Å². The van der Waals surface area contributed by atoms with E-state index in [9.17, 15) is 9.59 Å². The number of aromatic carboxylic acids is 1. The minimum Gasteiger partial charge on any atom is -0.478 e. The van der Waals surface area contributed by atoms with Crippen molar-refractivity contribution in [2.45, 2.75) is 6.92 Å². The molecule has 1 aromatic carbocycles. The topological polar surface area (TPSA) is 98.7 Å². The van der Waals surface area contributed by atoms with Crippen LogP contribution in [-0.2, 0) is 4.79 Å². The van der Waals surface area contributed by atoms with Gasteiger partial charge in [0, 0.05) is 43.6 Å². The lowest BCUT2D eigenvalue weighted by atomic mass is 10.2. The highest BCUT2D eigenvalue weighted by Crippen LogP contribution is 2.20. The summed E-state index contributed by atoms with van der Waals surface area (Å²) >= 11 is 0. The maximum Gasteiger partial charge on any atom is 0.335 e. The number of hydrogen-bond acceptors (Lipinski definition) is 6. The number of carbonyl (C=O) groups excluding carboxylic acids is 1. The summed E-state index contributed by atoms with van der Waals surface area (Å²) in [6.07, 6.45) is 0.863. The Balaban J connectivity index is 1.75. The first kappa shape index (κ1) is 16.7. The Hall–Kier alpha value is -3.16. The van der Waals surface area contributed by atoms with Crippen LogP contribution in [0.2, 0.25) is 0 Å². The largest absolute Gasteiger partial charge is 0.478 e. The van der Waals surface area contributed by atoms with E-state index in [-0.39, 0.29) is 5.56 Å². The molecule has 1 aromatic heterocycles. The van der Waals surface area contributed by atoms with Crippen molar-refractivity contribution in [2.24, 2.45) is 0 Å². The number of nitrogens with one attached hydrogen (secondary N) is 1. The molecule has 0 radical (unpaired) electrons. The molecule has 2 N–H and O–H groups in total. The van der Waals surface area contributed by atoms with Crippen LogP contribution in [0.25, 0.3) is 0 Å². The number of carboxylic acid groups (broad SMARTS) is 1. The summed E-state index contributed by atoms with van der Waals surface area (Å²) in [7, 11) is 0. The van der Waals surface area contributed by atoms with Gasteiger partial charge in [-0.2, -0.15) is 4.98 Å². The van der Waals surface area contributed by atoms with E-state index < -0.39 is 5.97 Å². The maximum absolute atomic E-state index is 10.9. The average Bonchev–Trinajstić information content (AvgIpc) is 2.62. The van der Waals surface area contributed by atoms with Gasteiger partial charge in [0.1, 0.15) is 5.82 Å².